The Bertz CT molecular complexity index is 375. The number of carbonyl (C=O) groups excluding carboxylic acids is 1. The highest BCUT2D eigenvalue weighted by Crippen LogP contribution is 2.04. The predicted octanol–water partition coefficient (Wildman–Crippen LogP) is 0.722. The van der Waals surface area contributed by atoms with E-state index in [0.29, 0.717) is 13.2 Å². The van der Waals surface area contributed by atoms with Gasteiger partial charge in [-0.05, 0) is 18.9 Å². The molecule has 2 N–H and O–H groups in total. The molecule has 0 aliphatic carbocycles. The van der Waals surface area contributed by atoms with Crippen molar-refractivity contribution < 1.29 is 9.53 Å². The SMILES string of the molecule is CC(Cc1ccccc1)NC(=O)C1CNCCO1. The van der Waals surface area contributed by atoms with Crippen LogP contribution in [0, 0.1) is 0 Å². The molecule has 1 aliphatic heterocycles. The highest BCUT2D eigenvalue weighted by molar-refractivity contribution is 5.81. The molecule has 2 rings (SSSR count). The number of ether oxygens (including phenoxy) is 1. The molecule has 4 nitrogen and oxygen atoms in total. The Morgan fingerprint density at radius 2 is 2.28 bits per heavy atom. The van der Waals surface area contributed by atoms with Crippen LogP contribution in [0.1, 0.15) is 12.5 Å². The Hall–Kier alpha value is -1.39. The van der Waals surface area contributed by atoms with Crippen molar-refractivity contribution in [3.63, 3.8) is 0 Å². The smallest absolute Gasteiger partial charge is 0.250 e. The van der Waals surface area contributed by atoms with Crippen molar-refractivity contribution in [2.45, 2.75) is 25.5 Å². The maximum atomic E-state index is 11.9. The summed E-state index contributed by atoms with van der Waals surface area (Å²) < 4.78 is 5.42. The van der Waals surface area contributed by atoms with Gasteiger partial charge < -0.3 is 15.4 Å². The highest BCUT2D eigenvalue weighted by Gasteiger charge is 2.22. The molecule has 0 spiro atoms. The summed E-state index contributed by atoms with van der Waals surface area (Å²) >= 11 is 0. The van der Waals surface area contributed by atoms with Crippen LogP contribution in [0.15, 0.2) is 30.3 Å². The molecule has 1 aliphatic rings. The van der Waals surface area contributed by atoms with Gasteiger partial charge in [0.1, 0.15) is 6.10 Å². The van der Waals surface area contributed by atoms with E-state index >= 15 is 0 Å². The molecule has 1 aromatic rings. The van der Waals surface area contributed by atoms with Gasteiger partial charge in [0.2, 0.25) is 0 Å². The van der Waals surface area contributed by atoms with Crippen molar-refractivity contribution in [2.24, 2.45) is 0 Å². The van der Waals surface area contributed by atoms with Crippen LogP contribution >= 0.6 is 0 Å². The van der Waals surface area contributed by atoms with Crippen LogP contribution in [0.3, 0.4) is 0 Å². The third-order valence-corrected chi connectivity index (χ3v) is 2.99. The molecule has 98 valence electrons. The molecule has 0 radical (unpaired) electrons. The minimum atomic E-state index is -0.350. The second-order valence-electron chi connectivity index (χ2n) is 4.66. The van der Waals surface area contributed by atoms with Gasteiger partial charge in [-0.2, -0.15) is 0 Å². The Labute approximate surface area is 108 Å². The first kappa shape index (κ1) is 13.1. The quantitative estimate of drug-likeness (QED) is 0.825. The molecule has 1 amide bonds. The van der Waals surface area contributed by atoms with E-state index in [1.165, 1.54) is 5.56 Å². The number of carbonyl (C=O) groups is 1. The fourth-order valence-corrected chi connectivity index (χ4v) is 2.09. The standard InChI is InChI=1S/C14H20N2O2/c1-11(9-12-5-3-2-4-6-12)16-14(17)13-10-15-7-8-18-13/h2-6,11,13,15H,7-10H2,1H3,(H,16,17). The van der Waals surface area contributed by atoms with Crippen LogP contribution in [-0.4, -0.2) is 37.7 Å². The van der Waals surface area contributed by atoms with E-state index in [9.17, 15) is 4.79 Å². The summed E-state index contributed by atoms with van der Waals surface area (Å²) in [5.41, 5.74) is 1.23. The summed E-state index contributed by atoms with van der Waals surface area (Å²) in [5.74, 6) is -0.0226. The van der Waals surface area contributed by atoms with E-state index in [4.69, 9.17) is 4.74 Å². The van der Waals surface area contributed by atoms with Crippen LogP contribution in [0.25, 0.3) is 0 Å². The molecule has 1 heterocycles. The molecule has 0 bridgehead atoms. The second kappa shape index (κ2) is 6.52. The van der Waals surface area contributed by atoms with E-state index in [2.05, 4.69) is 22.8 Å². The van der Waals surface area contributed by atoms with E-state index in [0.717, 1.165) is 13.0 Å². The maximum absolute atomic E-state index is 11.9. The summed E-state index contributed by atoms with van der Waals surface area (Å²) in [7, 11) is 0. The lowest BCUT2D eigenvalue weighted by molar-refractivity contribution is -0.134. The van der Waals surface area contributed by atoms with E-state index in [1.807, 2.05) is 25.1 Å². The monoisotopic (exact) mass is 248 g/mol. The van der Waals surface area contributed by atoms with Crippen molar-refractivity contribution in [2.75, 3.05) is 19.7 Å². The van der Waals surface area contributed by atoms with Gasteiger partial charge in [-0.15, -0.1) is 0 Å². The number of benzene rings is 1. The first-order valence-electron chi connectivity index (χ1n) is 6.42. The topological polar surface area (TPSA) is 50.4 Å². The number of hydrogen-bond donors (Lipinski definition) is 2. The summed E-state index contributed by atoms with van der Waals surface area (Å²) in [6, 6.07) is 10.3. The largest absolute Gasteiger partial charge is 0.366 e. The zero-order valence-corrected chi connectivity index (χ0v) is 10.7. The first-order chi connectivity index (χ1) is 8.75. The van der Waals surface area contributed by atoms with Crippen LogP contribution in [0.5, 0.6) is 0 Å². The average Bonchev–Trinajstić information content (AvgIpc) is 2.40. The van der Waals surface area contributed by atoms with Gasteiger partial charge in [-0.25, -0.2) is 0 Å². The Balaban J connectivity index is 1.79. The van der Waals surface area contributed by atoms with Gasteiger partial charge in [-0.1, -0.05) is 30.3 Å². The predicted molar refractivity (Wildman–Crippen MR) is 70.4 cm³/mol. The van der Waals surface area contributed by atoms with Crippen LogP contribution in [0.2, 0.25) is 0 Å². The van der Waals surface area contributed by atoms with Crippen LogP contribution < -0.4 is 10.6 Å². The number of nitrogens with one attached hydrogen (secondary N) is 2. The minimum absolute atomic E-state index is 0.0226. The molecule has 1 saturated heterocycles. The zero-order chi connectivity index (χ0) is 12.8. The number of rotatable bonds is 4. The summed E-state index contributed by atoms with van der Waals surface area (Å²) in [6.07, 6.45) is 0.490. The number of amides is 1. The third kappa shape index (κ3) is 3.82. The number of hydrogen-bond acceptors (Lipinski definition) is 3. The van der Waals surface area contributed by atoms with E-state index in [1.54, 1.807) is 0 Å². The minimum Gasteiger partial charge on any atom is -0.366 e. The molecule has 0 aromatic heterocycles. The zero-order valence-electron chi connectivity index (χ0n) is 10.7. The number of morpholine rings is 1. The van der Waals surface area contributed by atoms with Crippen LogP contribution in [0.4, 0.5) is 0 Å². The van der Waals surface area contributed by atoms with Gasteiger partial charge in [0.05, 0.1) is 6.61 Å². The van der Waals surface area contributed by atoms with E-state index in [-0.39, 0.29) is 18.1 Å². The third-order valence-electron chi connectivity index (χ3n) is 2.99. The van der Waals surface area contributed by atoms with E-state index < -0.39 is 0 Å². The Morgan fingerprint density at radius 1 is 1.50 bits per heavy atom. The molecule has 2 unspecified atom stereocenters. The average molecular weight is 248 g/mol. The summed E-state index contributed by atoms with van der Waals surface area (Å²) in [4.78, 5) is 11.9. The fraction of sp³-hybridized carbons (Fsp3) is 0.500. The van der Waals surface area contributed by atoms with Crippen LogP contribution in [-0.2, 0) is 16.0 Å². The molecule has 1 aromatic carbocycles. The second-order valence-corrected chi connectivity index (χ2v) is 4.66. The van der Waals surface area contributed by atoms with Crippen molar-refractivity contribution in [3.8, 4) is 0 Å². The molecule has 1 fully saturated rings. The fourth-order valence-electron chi connectivity index (χ4n) is 2.09. The maximum Gasteiger partial charge on any atom is 0.250 e. The molecule has 2 atom stereocenters. The molecule has 4 heteroatoms. The lowest BCUT2D eigenvalue weighted by Crippen LogP contribution is -2.50. The van der Waals surface area contributed by atoms with Gasteiger partial charge in [0.25, 0.3) is 5.91 Å². The summed E-state index contributed by atoms with van der Waals surface area (Å²) in [5, 5.41) is 6.15. The van der Waals surface area contributed by atoms with Gasteiger partial charge >= 0.3 is 0 Å². The molecular weight excluding hydrogens is 228 g/mol. The normalized spacial score (nSPS) is 21.3. The molecule has 18 heavy (non-hydrogen) atoms. The van der Waals surface area contributed by atoms with Crippen molar-refractivity contribution in [3.05, 3.63) is 35.9 Å². The highest BCUT2D eigenvalue weighted by atomic mass is 16.5. The Morgan fingerprint density at radius 3 is 2.94 bits per heavy atom. The lowest BCUT2D eigenvalue weighted by Gasteiger charge is -2.24. The van der Waals surface area contributed by atoms with Gasteiger partial charge in [-0.3, -0.25) is 4.79 Å². The van der Waals surface area contributed by atoms with Crippen molar-refractivity contribution >= 4 is 5.91 Å². The first-order valence-corrected chi connectivity index (χ1v) is 6.42. The van der Waals surface area contributed by atoms with Gasteiger partial charge in [0.15, 0.2) is 0 Å². The summed E-state index contributed by atoms with van der Waals surface area (Å²) in [6.45, 7) is 4.04. The Kier molecular flexibility index (Phi) is 4.73. The van der Waals surface area contributed by atoms with Crippen molar-refractivity contribution in [1.82, 2.24) is 10.6 Å². The van der Waals surface area contributed by atoms with Gasteiger partial charge in [0, 0.05) is 19.1 Å². The van der Waals surface area contributed by atoms with Crippen molar-refractivity contribution in [1.29, 1.82) is 0 Å². The molecular formula is C14H20N2O2. The lowest BCUT2D eigenvalue weighted by atomic mass is 10.1. The molecule has 0 saturated carbocycles.